The molecule has 2 aliphatic rings. The summed E-state index contributed by atoms with van der Waals surface area (Å²) >= 11 is 0. The summed E-state index contributed by atoms with van der Waals surface area (Å²) in [5.41, 5.74) is 0.541. The van der Waals surface area contributed by atoms with Crippen LogP contribution in [0.5, 0.6) is 0 Å². The molecule has 0 saturated heterocycles. The van der Waals surface area contributed by atoms with Gasteiger partial charge in [0, 0.05) is 11.8 Å². The van der Waals surface area contributed by atoms with E-state index in [1.807, 2.05) is 0 Å². The highest BCUT2D eigenvalue weighted by molar-refractivity contribution is 5.88. The number of carbonyl (C=O) groups excluding carboxylic acids is 1. The van der Waals surface area contributed by atoms with Crippen LogP contribution in [-0.4, -0.2) is 12.6 Å². The van der Waals surface area contributed by atoms with Crippen molar-refractivity contribution in [3.8, 4) is 11.8 Å². The first-order valence-electron chi connectivity index (χ1n) is 4.95. The summed E-state index contributed by atoms with van der Waals surface area (Å²) < 4.78 is 4.73. The van der Waals surface area contributed by atoms with Gasteiger partial charge in [-0.2, -0.15) is 0 Å². The van der Waals surface area contributed by atoms with Crippen LogP contribution in [0.2, 0.25) is 0 Å². The van der Waals surface area contributed by atoms with Gasteiger partial charge >= 0.3 is 5.97 Å². The molecular weight excluding hydrogens is 164 g/mol. The van der Waals surface area contributed by atoms with Crippen LogP contribution in [0, 0.1) is 23.2 Å². The van der Waals surface area contributed by atoms with Gasteiger partial charge in [0.2, 0.25) is 0 Å². The van der Waals surface area contributed by atoms with Crippen molar-refractivity contribution in [2.45, 2.75) is 32.6 Å². The minimum atomic E-state index is -0.371. The molecule has 0 heterocycles. The van der Waals surface area contributed by atoms with E-state index in [-0.39, 0.29) is 5.97 Å². The van der Waals surface area contributed by atoms with E-state index in [1.165, 1.54) is 25.7 Å². The first-order valence-corrected chi connectivity index (χ1v) is 4.95. The second kappa shape index (κ2) is 3.06. The summed E-state index contributed by atoms with van der Waals surface area (Å²) in [7, 11) is 0. The Hall–Kier alpha value is -0.970. The van der Waals surface area contributed by atoms with Gasteiger partial charge in [0.15, 0.2) is 0 Å². The average Bonchev–Trinajstić information content (AvgIpc) is 2.75. The molecular formula is C11H14O2. The van der Waals surface area contributed by atoms with Crippen LogP contribution in [0.1, 0.15) is 32.6 Å². The van der Waals surface area contributed by atoms with Crippen molar-refractivity contribution < 1.29 is 9.53 Å². The Morgan fingerprint density at radius 2 is 2.38 bits per heavy atom. The molecule has 1 atom stereocenters. The topological polar surface area (TPSA) is 26.3 Å². The highest BCUT2D eigenvalue weighted by Crippen LogP contribution is 2.65. The Morgan fingerprint density at radius 3 is 2.85 bits per heavy atom. The molecule has 2 rings (SSSR count). The highest BCUT2D eigenvalue weighted by Gasteiger charge is 2.56. The molecule has 1 unspecified atom stereocenters. The number of ether oxygens (including phenoxy) is 1. The van der Waals surface area contributed by atoms with Crippen molar-refractivity contribution in [2.75, 3.05) is 6.61 Å². The predicted octanol–water partition coefficient (Wildman–Crippen LogP) is 1.74. The SMILES string of the molecule is CCOC(=O)C#CC1CC12CCC2. The van der Waals surface area contributed by atoms with Gasteiger partial charge in [-0.3, -0.25) is 0 Å². The molecule has 0 N–H and O–H groups in total. The molecule has 70 valence electrons. The van der Waals surface area contributed by atoms with Crippen molar-refractivity contribution >= 4 is 5.97 Å². The van der Waals surface area contributed by atoms with Crippen LogP contribution in [0.15, 0.2) is 0 Å². The second-order valence-electron chi connectivity index (χ2n) is 3.96. The van der Waals surface area contributed by atoms with Gasteiger partial charge in [-0.05, 0) is 31.6 Å². The normalized spacial score (nSPS) is 27.0. The lowest BCUT2D eigenvalue weighted by atomic mass is 9.80. The highest BCUT2D eigenvalue weighted by atomic mass is 16.5. The molecule has 0 aliphatic heterocycles. The maximum atomic E-state index is 10.9. The molecule has 0 aromatic rings. The van der Waals surface area contributed by atoms with Gasteiger partial charge < -0.3 is 4.74 Å². The lowest BCUT2D eigenvalue weighted by Crippen LogP contribution is -2.14. The van der Waals surface area contributed by atoms with Gasteiger partial charge in [0.1, 0.15) is 0 Å². The van der Waals surface area contributed by atoms with E-state index in [0.29, 0.717) is 17.9 Å². The summed E-state index contributed by atoms with van der Waals surface area (Å²) in [6.07, 6.45) is 5.18. The summed E-state index contributed by atoms with van der Waals surface area (Å²) in [5.74, 6) is 5.69. The van der Waals surface area contributed by atoms with Gasteiger partial charge in [0.05, 0.1) is 6.61 Å². The molecule has 0 aromatic carbocycles. The monoisotopic (exact) mass is 178 g/mol. The van der Waals surface area contributed by atoms with E-state index in [0.717, 1.165) is 0 Å². The van der Waals surface area contributed by atoms with Crippen molar-refractivity contribution in [3.63, 3.8) is 0 Å². The van der Waals surface area contributed by atoms with E-state index in [2.05, 4.69) is 11.8 Å². The van der Waals surface area contributed by atoms with Crippen LogP contribution in [0.25, 0.3) is 0 Å². The average molecular weight is 178 g/mol. The third-order valence-electron chi connectivity index (χ3n) is 3.16. The van der Waals surface area contributed by atoms with Gasteiger partial charge in [0.25, 0.3) is 0 Å². The van der Waals surface area contributed by atoms with Crippen LogP contribution >= 0.6 is 0 Å². The molecule has 2 nitrogen and oxygen atoms in total. The van der Waals surface area contributed by atoms with Gasteiger partial charge in [-0.1, -0.05) is 12.3 Å². The Morgan fingerprint density at radius 1 is 1.62 bits per heavy atom. The van der Waals surface area contributed by atoms with E-state index >= 15 is 0 Å². The molecule has 2 heteroatoms. The molecule has 13 heavy (non-hydrogen) atoms. The van der Waals surface area contributed by atoms with Crippen LogP contribution in [-0.2, 0) is 9.53 Å². The molecule has 0 bridgehead atoms. The fraction of sp³-hybridized carbons (Fsp3) is 0.727. The summed E-state index contributed by atoms with van der Waals surface area (Å²) in [6, 6.07) is 0. The Kier molecular flexibility index (Phi) is 2.03. The van der Waals surface area contributed by atoms with E-state index in [4.69, 9.17) is 4.74 Å². The molecule has 2 saturated carbocycles. The van der Waals surface area contributed by atoms with E-state index in [1.54, 1.807) is 6.92 Å². The van der Waals surface area contributed by atoms with Crippen LogP contribution in [0.4, 0.5) is 0 Å². The van der Waals surface area contributed by atoms with Crippen LogP contribution in [0.3, 0.4) is 0 Å². The first kappa shape index (κ1) is 8.62. The Labute approximate surface area is 78.7 Å². The number of esters is 1. The van der Waals surface area contributed by atoms with Crippen molar-refractivity contribution in [3.05, 3.63) is 0 Å². The zero-order valence-electron chi connectivity index (χ0n) is 7.93. The Bertz CT molecular complexity index is 278. The third kappa shape index (κ3) is 1.56. The Balaban J connectivity index is 1.81. The third-order valence-corrected chi connectivity index (χ3v) is 3.16. The van der Waals surface area contributed by atoms with Crippen molar-refractivity contribution in [1.82, 2.24) is 0 Å². The number of carbonyl (C=O) groups is 1. The van der Waals surface area contributed by atoms with Crippen LogP contribution < -0.4 is 0 Å². The fourth-order valence-corrected chi connectivity index (χ4v) is 2.05. The molecule has 0 radical (unpaired) electrons. The van der Waals surface area contributed by atoms with Gasteiger partial charge in [-0.15, -0.1) is 0 Å². The summed E-state index contributed by atoms with van der Waals surface area (Å²) in [5, 5.41) is 0. The zero-order valence-corrected chi connectivity index (χ0v) is 7.93. The van der Waals surface area contributed by atoms with E-state index < -0.39 is 0 Å². The number of hydrogen-bond donors (Lipinski definition) is 0. The number of rotatable bonds is 1. The molecule has 2 fully saturated rings. The van der Waals surface area contributed by atoms with E-state index in [9.17, 15) is 4.79 Å². The molecule has 2 aliphatic carbocycles. The summed E-state index contributed by atoms with van der Waals surface area (Å²) in [4.78, 5) is 10.9. The maximum Gasteiger partial charge on any atom is 0.384 e. The lowest BCUT2D eigenvalue weighted by Gasteiger charge is -2.25. The minimum absolute atomic E-state index is 0.371. The maximum absolute atomic E-state index is 10.9. The second-order valence-corrected chi connectivity index (χ2v) is 3.96. The smallest absolute Gasteiger partial charge is 0.384 e. The quantitative estimate of drug-likeness (QED) is 0.347. The minimum Gasteiger partial charge on any atom is -0.456 e. The molecule has 0 aromatic heterocycles. The van der Waals surface area contributed by atoms with Gasteiger partial charge in [-0.25, -0.2) is 4.79 Å². The standard InChI is InChI=1S/C11H14O2/c1-2-13-10(12)5-4-9-8-11(9)6-3-7-11/h9H,2-3,6-8H2,1H3. The number of hydrogen-bond acceptors (Lipinski definition) is 2. The lowest BCUT2D eigenvalue weighted by molar-refractivity contribution is -0.136. The van der Waals surface area contributed by atoms with Crippen molar-refractivity contribution in [1.29, 1.82) is 0 Å². The van der Waals surface area contributed by atoms with Crippen molar-refractivity contribution in [2.24, 2.45) is 11.3 Å². The first-order chi connectivity index (χ1) is 6.27. The molecule has 0 amide bonds. The zero-order chi connectivity index (χ0) is 9.31. The predicted molar refractivity (Wildman–Crippen MR) is 48.8 cm³/mol. The largest absolute Gasteiger partial charge is 0.456 e. The molecule has 1 spiro atoms. The fourth-order valence-electron chi connectivity index (χ4n) is 2.05. The summed E-state index contributed by atoms with van der Waals surface area (Å²) in [6.45, 7) is 2.22.